The molecule has 3 rings (SSSR count). The molecule has 0 saturated heterocycles. The summed E-state index contributed by atoms with van der Waals surface area (Å²) in [4.78, 5) is 12.1. The van der Waals surface area contributed by atoms with Crippen LogP contribution in [0.15, 0.2) is 77.3 Å². The Kier molecular flexibility index (Phi) is 7.29. The Morgan fingerprint density at radius 1 is 1.03 bits per heavy atom. The highest BCUT2D eigenvalue weighted by Crippen LogP contribution is 2.24. The first-order chi connectivity index (χ1) is 14.7. The summed E-state index contributed by atoms with van der Waals surface area (Å²) in [7, 11) is -3.57. The van der Waals surface area contributed by atoms with Crippen molar-refractivity contribution in [2.24, 2.45) is 0 Å². The maximum atomic E-state index is 13.1. The number of hydrogen-bond donors (Lipinski definition) is 1. The molecule has 0 atom stereocenters. The first kappa shape index (κ1) is 22.8. The predicted molar refractivity (Wildman–Crippen MR) is 122 cm³/mol. The predicted octanol–water partition coefficient (Wildman–Crippen LogP) is 4.57. The average molecular weight is 507 g/mol. The smallest absolute Gasteiger partial charge is 0.262 e. The van der Waals surface area contributed by atoms with Gasteiger partial charge < -0.3 is 10.1 Å². The Hall–Kier alpha value is -2.91. The number of para-hydroxylation sites is 1. The minimum absolute atomic E-state index is 0.0632. The number of sulfonamides is 1. The van der Waals surface area contributed by atoms with E-state index in [2.05, 4.69) is 21.2 Å². The van der Waals surface area contributed by atoms with Crippen LogP contribution in [0.25, 0.3) is 0 Å². The van der Waals surface area contributed by atoms with Gasteiger partial charge in [-0.25, -0.2) is 12.8 Å². The van der Waals surface area contributed by atoms with Crippen molar-refractivity contribution in [1.29, 1.82) is 0 Å². The van der Waals surface area contributed by atoms with E-state index in [-0.39, 0.29) is 24.9 Å². The number of halogens is 2. The molecule has 3 aromatic rings. The molecule has 1 amide bonds. The molecule has 0 spiro atoms. The van der Waals surface area contributed by atoms with E-state index in [0.29, 0.717) is 22.7 Å². The van der Waals surface area contributed by atoms with Crippen molar-refractivity contribution in [1.82, 2.24) is 0 Å². The summed E-state index contributed by atoms with van der Waals surface area (Å²) in [5.74, 6) is -0.300. The molecule has 0 aromatic heterocycles. The van der Waals surface area contributed by atoms with Gasteiger partial charge in [-0.3, -0.25) is 9.10 Å². The molecule has 0 aliphatic rings. The fourth-order valence-corrected chi connectivity index (χ4v) is 4.03. The minimum Gasteiger partial charge on any atom is -0.484 e. The van der Waals surface area contributed by atoms with Crippen LogP contribution < -0.4 is 14.4 Å². The Balaban J connectivity index is 1.65. The Labute approximate surface area is 188 Å². The number of hydrogen-bond acceptors (Lipinski definition) is 4. The number of benzene rings is 3. The van der Waals surface area contributed by atoms with Gasteiger partial charge in [-0.1, -0.05) is 24.3 Å². The number of carbonyl (C=O) groups is 1. The molecular weight excluding hydrogens is 487 g/mol. The Morgan fingerprint density at radius 2 is 1.68 bits per heavy atom. The van der Waals surface area contributed by atoms with Crippen molar-refractivity contribution in [2.45, 2.75) is 6.54 Å². The first-order valence-corrected chi connectivity index (χ1v) is 11.9. The van der Waals surface area contributed by atoms with Gasteiger partial charge in [-0.15, -0.1) is 0 Å². The normalized spacial score (nSPS) is 11.1. The molecule has 0 aliphatic carbocycles. The molecule has 9 heteroatoms. The molecule has 1 N–H and O–H groups in total. The lowest BCUT2D eigenvalue weighted by atomic mass is 10.2. The van der Waals surface area contributed by atoms with Gasteiger partial charge in [-0.2, -0.15) is 0 Å². The van der Waals surface area contributed by atoms with Crippen LogP contribution in [-0.4, -0.2) is 27.2 Å². The van der Waals surface area contributed by atoms with Gasteiger partial charge in [0.1, 0.15) is 11.6 Å². The molecule has 162 valence electrons. The zero-order valence-electron chi connectivity index (χ0n) is 16.6. The van der Waals surface area contributed by atoms with Crippen LogP contribution in [0.1, 0.15) is 5.56 Å². The van der Waals surface area contributed by atoms with Crippen molar-refractivity contribution in [2.75, 3.05) is 22.5 Å². The maximum absolute atomic E-state index is 13.1. The van der Waals surface area contributed by atoms with Crippen LogP contribution >= 0.6 is 15.9 Å². The number of ether oxygens (including phenoxy) is 1. The first-order valence-electron chi connectivity index (χ1n) is 9.22. The molecule has 0 unspecified atom stereocenters. The number of rotatable bonds is 8. The van der Waals surface area contributed by atoms with Gasteiger partial charge in [0.25, 0.3) is 5.91 Å². The summed E-state index contributed by atoms with van der Waals surface area (Å²) in [6.07, 6.45) is 1.10. The molecule has 0 bridgehead atoms. The quantitative estimate of drug-likeness (QED) is 0.485. The van der Waals surface area contributed by atoms with Crippen molar-refractivity contribution < 1.29 is 22.3 Å². The highest BCUT2D eigenvalue weighted by atomic mass is 79.9. The third-order valence-corrected chi connectivity index (χ3v) is 6.11. The lowest BCUT2D eigenvalue weighted by molar-refractivity contribution is -0.118. The Morgan fingerprint density at radius 3 is 2.29 bits per heavy atom. The highest BCUT2D eigenvalue weighted by molar-refractivity contribution is 9.10. The topological polar surface area (TPSA) is 75.7 Å². The second-order valence-electron chi connectivity index (χ2n) is 6.71. The molecule has 3 aromatic carbocycles. The van der Waals surface area contributed by atoms with E-state index in [1.807, 2.05) is 12.1 Å². The second-order valence-corrected chi connectivity index (χ2v) is 9.47. The van der Waals surface area contributed by atoms with Crippen molar-refractivity contribution in [3.63, 3.8) is 0 Å². The number of anilines is 2. The largest absolute Gasteiger partial charge is 0.484 e. The molecular formula is C22H20BrFN2O4S. The second kappa shape index (κ2) is 9.93. The van der Waals surface area contributed by atoms with Gasteiger partial charge in [0.15, 0.2) is 6.61 Å². The molecule has 0 heterocycles. The maximum Gasteiger partial charge on any atom is 0.262 e. The lowest BCUT2D eigenvalue weighted by Crippen LogP contribution is -2.29. The van der Waals surface area contributed by atoms with E-state index < -0.39 is 10.0 Å². The van der Waals surface area contributed by atoms with E-state index in [1.165, 1.54) is 28.6 Å². The fraction of sp³-hybridized carbons (Fsp3) is 0.136. The SMILES string of the molecule is CS(=O)(=O)N(Cc1ccc(F)cc1)c1ccc(OCC(=O)Nc2ccccc2Br)cc1. The third-order valence-electron chi connectivity index (χ3n) is 4.28. The molecule has 0 radical (unpaired) electrons. The van der Waals surface area contributed by atoms with Crippen LogP contribution in [-0.2, 0) is 21.4 Å². The minimum atomic E-state index is -3.57. The molecule has 6 nitrogen and oxygen atoms in total. The van der Waals surface area contributed by atoms with Gasteiger partial charge in [0.05, 0.1) is 24.2 Å². The van der Waals surface area contributed by atoms with E-state index in [0.717, 1.165) is 10.7 Å². The van der Waals surface area contributed by atoms with Crippen molar-refractivity contribution in [3.05, 3.63) is 88.6 Å². The van der Waals surface area contributed by atoms with Crippen LogP contribution in [0, 0.1) is 5.82 Å². The zero-order valence-corrected chi connectivity index (χ0v) is 19.0. The van der Waals surface area contributed by atoms with Gasteiger partial charge >= 0.3 is 0 Å². The van der Waals surface area contributed by atoms with Crippen molar-refractivity contribution >= 4 is 43.2 Å². The Bertz CT molecular complexity index is 1150. The zero-order chi connectivity index (χ0) is 22.4. The summed E-state index contributed by atoms with van der Waals surface area (Å²) in [5.41, 5.74) is 1.71. The molecule has 31 heavy (non-hydrogen) atoms. The van der Waals surface area contributed by atoms with Crippen LogP contribution in [0.4, 0.5) is 15.8 Å². The van der Waals surface area contributed by atoms with E-state index in [9.17, 15) is 17.6 Å². The third kappa shape index (κ3) is 6.53. The summed E-state index contributed by atoms with van der Waals surface area (Å²) in [5, 5.41) is 2.74. The number of nitrogens with zero attached hydrogens (tertiary/aromatic N) is 1. The summed E-state index contributed by atoms with van der Waals surface area (Å²) in [6, 6.07) is 19.2. The van der Waals surface area contributed by atoms with Crippen LogP contribution in [0.5, 0.6) is 5.75 Å². The highest BCUT2D eigenvalue weighted by Gasteiger charge is 2.18. The summed E-state index contributed by atoms with van der Waals surface area (Å²) >= 11 is 3.36. The molecule has 0 fully saturated rings. The molecule has 0 saturated carbocycles. The van der Waals surface area contributed by atoms with Gasteiger partial charge in [0.2, 0.25) is 10.0 Å². The van der Waals surface area contributed by atoms with Crippen LogP contribution in [0.3, 0.4) is 0 Å². The summed E-state index contributed by atoms with van der Waals surface area (Å²) < 4.78 is 45.1. The van der Waals surface area contributed by atoms with Gasteiger partial charge in [-0.05, 0) is 70.0 Å². The lowest BCUT2D eigenvalue weighted by Gasteiger charge is -2.22. The van der Waals surface area contributed by atoms with Crippen LogP contribution in [0.2, 0.25) is 0 Å². The summed E-state index contributed by atoms with van der Waals surface area (Å²) in [6.45, 7) is -0.139. The fourth-order valence-electron chi connectivity index (χ4n) is 2.76. The van der Waals surface area contributed by atoms with E-state index >= 15 is 0 Å². The van der Waals surface area contributed by atoms with Crippen molar-refractivity contribution in [3.8, 4) is 5.75 Å². The number of amides is 1. The van der Waals surface area contributed by atoms with E-state index in [4.69, 9.17) is 4.74 Å². The molecule has 0 aliphatic heterocycles. The monoisotopic (exact) mass is 506 g/mol. The van der Waals surface area contributed by atoms with E-state index in [1.54, 1.807) is 36.4 Å². The standard InChI is InChI=1S/C22H20BrFN2O4S/c1-31(28,29)26(14-16-6-8-17(24)9-7-16)18-10-12-19(13-11-18)30-15-22(27)25-21-5-3-2-4-20(21)23/h2-13H,14-15H2,1H3,(H,25,27). The average Bonchev–Trinajstić information content (AvgIpc) is 2.73. The number of carbonyl (C=O) groups excluding carboxylic acids is 1. The van der Waals surface area contributed by atoms with Gasteiger partial charge in [0, 0.05) is 4.47 Å². The number of nitrogens with one attached hydrogen (secondary N) is 1.